The Labute approximate surface area is 135 Å². The van der Waals surface area contributed by atoms with Crippen LogP contribution in [0.15, 0.2) is 8.94 Å². The van der Waals surface area contributed by atoms with E-state index in [1.165, 1.54) is 12.8 Å². The monoisotopic (exact) mass is 317 g/mol. The number of hydrogen-bond acceptors (Lipinski definition) is 7. The van der Waals surface area contributed by atoms with Crippen molar-refractivity contribution in [2.45, 2.75) is 63.8 Å². The summed E-state index contributed by atoms with van der Waals surface area (Å²) >= 11 is 0. The van der Waals surface area contributed by atoms with E-state index < -0.39 is 0 Å². The fraction of sp³-hybridized carbons (Fsp3) is 0.750. The molecule has 124 valence electrons. The van der Waals surface area contributed by atoms with E-state index in [1.807, 2.05) is 6.92 Å². The van der Waals surface area contributed by atoms with Crippen molar-refractivity contribution in [1.29, 1.82) is 0 Å². The zero-order valence-electron chi connectivity index (χ0n) is 13.7. The topological polar surface area (TPSA) is 81.1 Å². The number of likely N-dealkylation sites (tertiary alicyclic amines) is 1. The van der Waals surface area contributed by atoms with Gasteiger partial charge in [0.15, 0.2) is 5.82 Å². The van der Waals surface area contributed by atoms with Crippen molar-refractivity contribution >= 4 is 0 Å². The van der Waals surface area contributed by atoms with Gasteiger partial charge in [0, 0.05) is 24.8 Å². The second-order valence-corrected chi connectivity index (χ2v) is 6.66. The van der Waals surface area contributed by atoms with Gasteiger partial charge in [-0.05, 0) is 39.2 Å². The molecule has 1 saturated heterocycles. The van der Waals surface area contributed by atoms with Crippen molar-refractivity contribution in [2.75, 3.05) is 13.1 Å². The Balaban J connectivity index is 1.45. The molecule has 2 fully saturated rings. The molecule has 0 unspecified atom stereocenters. The molecule has 4 rings (SSSR count). The zero-order valence-corrected chi connectivity index (χ0v) is 13.7. The molecule has 0 radical (unpaired) electrons. The first-order valence-electron chi connectivity index (χ1n) is 8.64. The predicted molar refractivity (Wildman–Crippen MR) is 81.9 cm³/mol. The Morgan fingerprint density at radius 2 is 2.09 bits per heavy atom. The van der Waals surface area contributed by atoms with Crippen molar-refractivity contribution in [1.82, 2.24) is 25.2 Å². The number of piperidine rings is 1. The van der Waals surface area contributed by atoms with Crippen molar-refractivity contribution < 1.29 is 8.94 Å². The largest absolute Gasteiger partial charge is 0.424 e. The highest BCUT2D eigenvalue weighted by Crippen LogP contribution is 2.40. The number of aromatic nitrogens is 4. The van der Waals surface area contributed by atoms with Crippen LogP contribution >= 0.6 is 0 Å². The van der Waals surface area contributed by atoms with Crippen LogP contribution in [0.5, 0.6) is 0 Å². The fourth-order valence-corrected chi connectivity index (χ4v) is 3.21. The van der Waals surface area contributed by atoms with E-state index in [2.05, 4.69) is 32.2 Å². The van der Waals surface area contributed by atoms with Gasteiger partial charge in [0.1, 0.15) is 0 Å². The van der Waals surface area contributed by atoms with Gasteiger partial charge in [-0.25, -0.2) is 0 Å². The normalized spacial score (nSPS) is 24.0. The average Bonchev–Trinajstić information content (AvgIpc) is 3.14. The summed E-state index contributed by atoms with van der Waals surface area (Å²) in [6.45, 7) is 6.09. The molecule has 0 spiro atoms. The summed E-state index contributed by atoms with van der Waals surface area (Å²) in [6.07, 6.45) is 5.38. The number of aryl methyl sites for hydroxylation is 1. The summed E-state index contributed by atoms with van der Waals surface area (Å²) < 4.78 is 11.1. The van der Waals surface area contributed by atoms with Crippen LogP contribution in [0.2, 0.25) is 0 Å². The van der Waals surface area contributed by atoms with Gasteiger partial charge >= 0.3 is 0 Å². The van der Waals surface area contributed by atoms with Gasteiger partial charge in [-0.3, -0.25) is 4.90 Å². The quantitative estimate of drug-likeness (QED) is 0.838. The Morgan fingerprint density at radius 3 is 2.83 bits per heavy atom. The van der Waals surface area contributed by atoms with E-state index in [0.717, 1.165) is 44.1 Å². The maximum Gasteiger partial charge on any atom is 0.233 e. The molecule has 0 amide bonds. The number of rotatable bonds is 5. The van der Waals surface area contributed by atoms with Crippen LogP contribution in [0.1, 0.15) is 80.9 Å². The molecule has 2 aliphatic rings. The average molecular weight is 317 g/mol. The van der Waals surface area contributed by atoms with Crippen LogP contribution in [-0.4, -0.2) is 38.3 Å². The molecule has 0 N–H and O–H groups in total. The maximum absolute atomic E-state index is 5.72. The van der Waals surface area contributed by atoms with Crippen LogP contribution in [0, 0.1) is 0 Å². The standard InChI is InChI=1S/C16H23N5O2/c1-3-13-18-19-15(22-13)10(2)21-8-4-5-12(9-21)14-17-16(23-20-14)11-6-7-11/h10-12H,3-9H2,1-2H3/t10-,12-/m0/s1. The van der Waals surface area contributed by atoms with Gasteiger partial charge in [-0.15, -0.1) is 10.2 Å². The molecule has 2 atom stereocenters. The maximum atomic E-state index is 5.72. The van der Waals surface area contributed by atoms with Gasteiger partial charge in [0.05, 0.1) is 6.04 Å². The first kappa shape index (κ1) is 14.8. The van der Waals surface area contributed by atoms with Crippen molar-refractivity contribution in [2.24, 2.45) is 0 Å². The van der Waals surface area contributed by atoms with Crippen LogP contribution in [0.3, 0.4) is 0 Å². The van der Waals surface area contributed by atoms with E-state index >= 15 is 0 Å². The number of nitrogens with zero attached hydrogens (tertiary/aromatic N) is 5. The summed E-state index contributed by atoms with van der Waals surface area (Å²) in [5.41, 5.74) is 0. The Morgan fingerprint density at radius 1 is 1.22 bits per heavy atom. The third-order valence-corrected chi connectivity index (χ3v) is 4.89. The van der Waals surface area contributed by atoms with Crippen molar-refractivity contribution in [3.05, 3.63) is 23.5 Å². The minimum Gasteiger partial charge on any atom is -0.424 e. The molecular formula is C16H23N5O2. The highest BCUT2D eigenvalue weighted by molar-refractivity contribution is 5.06. The van der Waals surface area contributed by atoms with Gasteiger partial charge < -0.3 is 8.94 Å². The van der Waals surface area contributed by atoms with Crippen molar-refractivity contribution in [3.8, 4) is 0 Å². The fourth-order valence-electron chi connectivity index (χ4n) is 3.21. The van der Waals surface area contributed by atoms with Crippen LogP contribution in [0.4, 0.5) is 0 Å². The minimum atomic E-state index is 0.125. The van der Waals surface area contributed by atoms with Gasteiger partial charge in [-0.2, -0.15) is 4.98 Å². The van der Waals surface area contributed by atoms with Crippen LogP contribution in [0.25, 0.3) is 0 Å². The SMILES string of the molecule is CCc1nnc([C@H](C)N2CCC[C@H](c3noc(C4CC4)n3)C2)o1. The molecule has 2 aromatic rings. The zero-order chi connectivity index (χ0) is 15.8. The van der Waals surface area contributed by atoms with E-state index in [0.29, 0.717) is 23.6 Å². The summed E-state index contributed by atoms with van der Waals surface area (Å²) in [5, 5.41) is 12.5. The first-order chi connectivity index (χ1) is 11.2. The van der Waals surface area contributed by atoms with Gasteiger partial charge in [0.25, 0.3) is 0 Å². The molecule has 3 heterocycles. The van der Waals surface area contributed by atoms with Crippen LogP contribution < -0.4 is 0 Å². The van der Waals surface area contributed by atoms with E-state index in [-0.39, 0.29) is 6.04 Å². The summed E-state index contributed by atoms with van der Waals surface area (Å²) in [4.78, 5) is 7.01. The Kier molecular flexibility index (Phi) is 3.88. The third-order valence-electron chi connectivity index (χ3n) is 4.89. The van der Waals surface area contributed by atoms with E-state index in [4.69, 9.17) is 8.94 Å². The highest BCUT2D eigenvalue weighted by Gasteiger charge is 2.33. The van der Waals surface area contributed by atoms with Crippen LogP contribution in [-0.2, 0) is 6.42 Å². The third kappa shape index (κ3) is 3.02. The lowest BCUT2D eigenvalue weighted by Crippen LogP contribution is -2.36. The highest BCUT2D eigenvalue weighted by atomic mass is 16.5. The molecule has 2 aromatic heterocycles. The molecule has 0 bridgehead atoms. The second-order valence-electron chi connectivity index (χ2n) is 6.66. The van der Waals surface area contributed by atoms with E-state index in [1.54, 1.807) is 0 Å². The first-order valence-corrected chi connectivity index (χ1v) is 8.64. The second kappa shape index (κ2) is 6.03. The van der Waals surface area contributed by atoms with E-state index in [9.17, 15) is 0 Å². The minimum absolute atomic E-state index is 0.125. The number of hydrogen-bond donors (Lipinski definition) is 0. The van der Waals surface area contributed by atoms with Gasteiger partial charge in [0.2, 0.25) is 17.7 Å². The summed E-state index contributed by atoms with van der Waals surface area (Å²) in [5.74, 6) is 3.94. The summed E-state index contributed by atoms with van der Waals surface area (Å²) in [6, 6.07) is 0.125. The summed E-state index contributed by atoms with van der Waals surface area (Å²) in [7, 11) is 0. The smallest absolute Gasteiger partial charge is 0.233 e. The molecular weight excluding hydrogens is 294 g/mol. The Hall–Kier alpha value is -1.76. The van der Waals surface area contributed by atoms with Gasteiger partial charge in [-0.1, -0.05) is 12.1 Å². The molecule has 1 aliphatic carbocycles. The molecule has 23 heavy (non-hydrogen) atoms. The Bertz CT molecular complexity index is 663. The lowest BCUT2D eigenvalue weighted by molar-refractivity contribution is 0.134. The molecule has 1 aliphatic heterocycles. The molecule has 7 heteroatoms. The lowest BCUT2D eigenvalue weighted by Gasteiger charge is -2.34. The lowest BCUT2D eigenvalue weighted by atomic mass is 9.96. The molecule has 0 aromatic carbocycles. The molecule has 1 saturated carbocycles. The van der Waals surface area contributed by atoms with Crippen molar-refractivity contribution in [3.63, 3.8) is 0 Å². The molecule has 7 nitrogen and oxygen atoms in total. The predicted octanol–water partition coefficient (Wildman–Crippen LogP) is 2.83.